The summed E-state index contributed by atoms with van der Waals surface area (Å²) in [7, 11) is 0. The van der Waals surface area contributed by atoms with Crippen LogP contribution in [0.15, 0.2) is 0 Å². The highest BCUT2D eigenvalue weighted by molar-refractivity contribution is 5.87. The molecule has 18 heavy (non-hydrogen) atoms. The van der Waals surface area contributed by atoms with Crippen molar-refractivity contribution in [1.29, 1.82) is 0 Å². The first-order chi connectivity index (χ1) is 8.54. The van der Waals surface area contributed by atoms with Gasteiger partial charge in [-0.05, 0) is 32.2 Å². The Morgan fingerprint density at radius 1 is 1.44 bits per heavy atom. The van der Waals surface area contributed by atoms with Crippen LogP contribution < -0.4 is 16.4 Å². The molecule has 3 atom stereocenters. The first kappa shape index (κ1) is 14.9. The van der Waals surface area contributed by atoms with Crippen molar-refractivity contribution in [3.05, 3.63) is 0 Å². The smallest absolute Gasteiger partial charge is 0.326 e. The summed E-state index contributed by atoms with van der Waals surface area (Å²) in [5.74, 6) is -1.41. The minimum atomic E-state index is -1.04. The first-order valence-electron chi connectivity index (χ1n) is 6.19. The average Bonchev–Trinajstić information content (AvgIpc) is 2.74. The monoisotopic (exact) mass is 259 g/mol. The summed E-state index contributed by atoms with van der Waals surface area (Å²) in [5.41, 5.74) is 5.33. The molecule has 7 heteroatoms. The summed E-state index contributed by atoms with van der Waals surface area (Å²) in [6, 6.07) is -1.39. The third-order valence-corrected chi connectivity index (χ3v) is 2.99. The van der Waals surface area contributed by atoms with Crippen molar-refractivity contribution in [2.24, 2.45) is 5.73 Å². The second-order valence-electron chi connectivity index (χ2n) is 4.53. The lowest BCUT2D eigenvalue weighted by atomic mass is 10.1. The molecule has 6 N–H and O–H groups in total. The van der Waals surface area contributed by atoms with Crippen molar-refractivity contribution in [2.75, 3.05) is 13.1 Å². The molecule has 1 amide bonds. The molecule has 1 rings (SSSR count). The second kappa shape index (κ2) is 7.30. The maximum Gasteiger partial charge on any atom is 0.326 e. The van der Waals surface area contributed by atoms with Crippen LogP contribution in [-0.4, -0.2) is 53.4 Å². The number of hydrogen-bond acceptors (Lipinski definition) is 5. The summed E-state index contributed by atoms with van der Waals surface area (Å²) in [6.07, 6.45) is 1.55. The molecule has 1 fully saturated rings. The van der Waals surface area contributed by atoms with E-state index >= 15 is 0 Å². The molecule has 0 spiro atoms. The zero-order chi connectivity index (χ0) is 13.5. The average molecular weight is 259 g/mol. The van der Waals surface area contributed by atoms with E-state index in [1.165, 1.54) is 0 Å². The minimum Gasteiger partial charge on any atom is -0.480 e. The Morgan fingerprint density at radius 2 is 2.17 bits per heavy atom. The van der Waals surface area contributed by atoms with Crippen molar-refractivity contribution < 1.29 is 19.8 Å². The molecule has 1 aliphatic rings. The summed E-state index contributed by atoms with van der Waals surface area (Å²) < 4.78 is 0. The summed E-state index contributed by atoms with van der Waals surface area (Å²) in [6.45, 7) is 0.875. The fourth-order valence-corrected chi connectivity index (χ4v) is 1.94. The van der Waals surface area contributed by atoms with E-state index in [1.807, 2.05) is 0 Å². The van der Waals surface area contributed by atoms with Crippen LogP contribution >= 0.6 is 0 Å². The molecule has 0 aromatic heterocycles. The van der Waals surface area contributed by atoms with Crippen LogP contribution in [0.2, 0.25) is 0 Å². The first-order valence-corrected chi connectivity index (χ1v) is 6.19. The van der Waals surface area contributed by atoms with Gasteiger partial charge < -0.3 is 26.6 Å². The largest absolute Gasteiger partial charge is 0.480 e. The summed E-state index contributed by atoms with van der Waals surface area (Å²) >= 11 is 0. The van der Waals surface area contributed by atoms with Gasteiger partial charge in [0.15, 0.2) is 0 Å². The van der Waals surface area contributed by atoms with Crippen LogP contribution in [0.5, 0.6) is 0 Å². The number of carboxylic acids is 1. The SMILES string of the molecule is NCCCCC(NC(=O)C1CC(O)CN1)C(=O)O. The molecule has 1 saturated heterocycles. The van der Waals surface area contributed by atoms with Crippen molar-refractivity contribution in [3.8, 4) is 0 Å². The molecule has 0 aromatic rings. The molecule has 104 valence electrons. The molecule has 7 nitrogen and oxygen atoms in total. The lowest BCUT2D eigenvalue weighted by Gasteiger charge is -2.17. The number of aliphatic hydroxyl groups excluding tert-OH is 1. The lowest BCUT2D eigenvalue weighted by molar-refractivity contribution is -0.142. The number of amides is 1. The molecular formula is C11H21N3O4. The Hall–Kier alpha value is -1.18. The van der Waals surface area contributed by atoms with Crippen LogP contribution in [-0.2, 0) is 9.59 Å². The van der Waals surface area contributed by atoms with Gasteiger partial charge in [-0.25, -0.2) is 4.79 Å². The zero-order valence-electron chi connectivity index (χ0n) is 10.3. The van der Waals surface area contributed by atoms with Crippen molar-refractivity contribution in [3.63, 3.8) is 0 Å². The predicted molar refractivity (Wildman–Crippen MR) is 64.9 cm³/mol. The molecule has 0 saturated carbocycles. The van der Waals surface area contributed by atoms with E-state index in [4.69, 9.17) is 10.8 Å². The van der Waals surface area contributed by atoms with Gasteiger partial charge in [-0.3, -0.25) is 4.79 Å². The van der Waals surface area contributed by atoms with Gasteiger partial charge in [-0.15, -0.1) is 0 Å². The van der Waals surface area contributed by atoms with Gasteiger partial charge in [-0.2, -0.15) is 0 Å². The van der Waals surface area contributed by atoms with Gasteiger partial charge in [0.25, 0.3) is 0 Å². The Morgan fingerprint density at radius 3 is 2.67 bits per heavy atom. The number of aliphatic hydroxyl groups is 1. The highest BCUT2D eigenvalue weighted by Crippen LogP contribution is 2.08. The van der Waals surface area contributed by atoms with E-state index in [0.717, 1.165) is 6.42 Å². The van der Waals surface area contributed by atoms with Crippen LogP contribution in [0.1, 0.15) is 25.7 Å². The van der Waals surface area contributed by atoms with Crippen LogP contribution in [0.25, 0.3) is 0 Å². The van der Waals surface area contributed by atoms with Crippen LogP contribution in [0.3, 0.4) is 0 Å². The van der Waals surface area contributed by atoms with E-state index < -0.39 is 24.2 Å². The Bertz CT molecular complexity index is 298. The van der Waals surface area contributed by atoms with E-state index in [9.17, 15) is 14.7 Å². The van der Waals surface area contributed by atoms with Crippen LogP contribution in [0.4, 0.5) is 0 Å². The molecule has 0 aromatic carbocycles. The number of carbonyl (C=O) groups excluding carboxylic acids is 1. The minimum absolute atomic E-state index is 0.320. The number of carboxylic acid groups (broad SMARTS) is 1. The number of carbonyl (C=O) groups is 2. The van der Waals surface area contributed by atoms with Crippen LogP contribution in [0, 0.1) is 0 Å². The topological polar surface area (TPSA) is 125 Å². The number of aliphatic carboxylic acids is 1. The Balaban J connectivity index is 2.40. The fourth-order valence-electron chi connectivity index (χ4n) is 1.94. The quantitative estimate of drug-likeness (QED) is 0.351. The van der Waals surface area contributed by atoms with Gasteiger partial charge in [-0.1, -0.05) is 0 Å². The molecule has 0 aliphatic carbocycles. The highest BCUT2D eigenvalue weighted by atomic mass is 16.4. The number of unbranched alkanes of at least 4 members (excludes halogenated alkanes) is 1. The molecule has 0 bridgehead atoms. The van der Waals surface area contributed by atoms with Gasteiger partial charge in [0.2, 0.25) is 5.91 Å². The normalized spacial score (nSPS) is 24.8. The highest BCUT2D eigenvalue weighted by Gasteiger charge is 2.30. The molecule has 0 radical (unpaired) electrons. The summed E-state index contributed by atoms with van der Waals surface area (Å²) in [4.78, 5) is 22.8. The lowest BCUT2D eigenvalue weighted by Crippen LogP contribution is -2.48. The molecule has 1 aliphatic heterocycles. The van der Waals surface area contributed by atoms with E-state index in [0.29, 0.717) is 32.4 Å². The molecule has 1 heterocycles. The maximum absolute atomic E-state index is 11.8. The molecular weight excluding hydrogens is 238 g/mol. The third-order valence-electron chi connectivity index (χ3n) is 2.99. The third kappa shape index (κ3) is 4.59. The summed E-state index contributed by atoms with van der Waals surface area (Å²) in [5, 5.41) is 23.6. The van der Waals surface area contributed by atoms with Gasteiger partial charge in [0.1, 0.15) is 6.04 Å². The zero-order valence-corrected chi connectivity index (χ0v) is 10.3. The molecule has 3 unspecified atom stereocenters. The number of β-amino-alcohol motifs (C(OH)–C–C–N with tert-alkyl or cyclic N) is 1. The number of hydrogen-bond donors (Lipinski definition) is 5. The number of rotatable bonds is 7. The fraction of sp³-hybridized carbons (Fsp3) is 0.818. The van der Waals surface area contributed by atoms with E-state index in [1.54, 1.807) is 0 Å². The van der Waals surface area contributed by atoms with Crippen molar-refractivity contribution in [1.82, 2.24) is 10.6 Å². The van der Waals surface area contributed by atoms with Gasteiger partial charge in [0, 0.05) is 6.54 Å². The standard InChI is InChI=1S/C11H21N3O4/c12-4-2-1-3-8(11(17)18)14-10(16)9-5-7(15)6-13-9/h7-9,13,15H,1-6,12H2,(H,14,16)(H,17,18). The van der Waals surface area contributed by atoms with Crippen molar-refractivity contribution in [2.45, 2.75) is 43.9 Å². The second-order valence-corrected chi connectivity index (χ2v) is 4.53. The Kier molecular flexibility index (Phi) is 6.03. The van der Waals surface area contributed by atoms with E-state index in [-0.39, 0.29) is 5.91 Å². The number of nitrogens with one attached hydrogen (secondary N) is 2. The maximum atomic E-state index is 11.8. The van der Waals surface area contributed by atoms with E-state index in [2.05, 4.69) is 10.6 Å². The van der Waals surface area contributed by atoms with Gasteiger partial charge >= 0.3 is 5.97 Å². The Labute approximate surface area is 106 Å². The van der Waals surface area contributed by atoms with Gasteiger partial charge in [0.05, 0.1) is 12.1 Å². The number of nitrogens with two attached hydrogens (primary N) is 1. The predicted octanol–water partition coefficient (Wildman–Crippen LogP) is -1.59. The van der Waals surface area contributed by atoms with Crippen molar-refractivity contribution >= 4 is 11.9 Å².